The summed E-state index contributed by atoms with van der Waals surface area (Å²) in [5, 5.41) is 14.3. The summed E-state index contributed by atoms with van der Waals surface area (Å²) in [6.07, 6.45) is 1.32. The fraction of sp³-hybridized carbons (Fsp3) is 0.400. The molecule has 0 unspecified atom stereocenters. The lowest BCUT2D eigenvalue weighted by atomic mass is 10.4. The molecule has 0 aliphatic rings. The molecule has 0 bridgehead atoms. The Morgan fingerprint density at radius 3 is 2.00 bits per heavy atom. The second-order valence-electron chi connectivity index (χ2n) is 0.762. The molecule has 0 aromatic rings. The van der Waals surface area contributed by atoms with Gasteiger partial charge in [-0.2, -0.15) is 5.26 Å². The van der Waals surface area contributed by atoms with Crippen LogP contribution in [0.2, 0.25) is 0 Å². The Morgan fingerprint density at radius 1 is 1.57 bits per heavy atom. The Morgan fingerprint density at radius 2 is 2.00 bits per heavy atom. The molecule has 2 heteroatoms. The Balaban J connectivity index is 0. The third kappa shape index (κ3) is 46.0. The third-order valence-corrected chi connectivity index (χ3v) is 0.289. The third-order valence-electron chi connectivity index (χ3n) is 0.289. The zero-order chi connectivity index (χ0) is 6.12. The van der Waals surface area contributed by atoms with E-state index in [2.05, 4.69) is 13.5 Å². The van der Waals surface area contributed by atoms with Gasteiger partial charge in [0, 0.05) is 13.0 Å². The van der Waals surface area contributed by atoms with E-state index in [9.17, 15) is 0 Å². The summed E-state index contributed by atoms with van der Waals surface area (Å²) in [6, 6.07) is 1.95. The minimum Gasteiger partial charge on any atom is -0.202 e. The average molecular weight is 95.1 g/mol. The molecule has 2 nitrogen and oxygen atoms in total. The van der Waals surface area contributed by atoms with Crippen molar-refractivity contribution >= 4 is 0 Å². The first kappa shape index (κ1) is 9.36. The fourth-order valence-corrected chi connectivity index (χ4v) is 0.0791. The van der Waals surface area contributed by atoms with Crippen LogP contribution in [0.4, 0.5) is 0 Å². The van der Waals surface area contributed by atoms with Crippen molar-refractivity contribution in [3.63, 3.8) is 0 Å². The van der Waals surface area contributed by atoms with Crippen molar-refractivity contribution in [1.29, 1.82) is 10.5 Å². The molecule has 0 fully saturated rings. The quantitative estimate of drug-likeness (QED) is 0.492. The Bertz CT molecular complexity index is 67.9. The maximum atomic E-state index is 7.78. The molecule has 0 N–H and O–H groups in total. The van der Waals surface area contributed by atoms with Gasteiger partial charge in [0.25, 0.3) is 0 Å². The predicted octanol–water partition coefficient (Wildman–Crippen LogP) is 1.26. The smallest absolute Gasteiger partial charge is 0.0621 e. The maximum absolute atomic E-state index is 7.78. The molecule has 0 saturated heterocycles. The topological polar surface area (TPSA) is 47.6 Å². The number of unbranched alkanes of at least 4 members (excludes halogenated alkanes) is 1. The summed E-state index contributed by atoms with van der Waals surface area (Å²) in [6.45, 7) is 6.95. The van der Waals surface area contributed by atoms with Gasteiger partial charge in [-0.3, -0.25) is 0 Å². The van der Waals surface area contributed by atoms with Crippen molar-refractivity contribution in [3.05, 3.63) is 6.92 Å². The summed E-state index contributed by atoms with van der Waals surface area (Å²) in [7, 11) is 0. The minimum absolute atomic E-state index is 0.583. The van der Waals surface area contributed by atoms with Gasteiger partial charge in [0.15, 0.2) is 0 Å². The first-order chi connectivity index (χ1) is 3.41. The van der Waals surface area contributed by atoms with Gasteiger partial charge >= 0.3 is 0 Å². The Hall–Kier alpha value is -1.02. The number of nitrogens with zero attached hydrogens (tertiary/aromatic N) is 2. The molecule has 0 aromatic heterocycles. The standard InChI is InChI=1S/C4H6N.CHN/c1-2-3-4-5;1-2/h1-3H2;1H. The van der Waals surface area contributed by atoms with Crippen LogP contribution < -0.4 is 0 Å². The molecule has 7 heavy (non-hydrogen) atoms. The predicted molar refractivity (Wildman–Crippen MR) is 26.9 cm³/mol. The van der Waals surface area contributed by atoms with Gasteiger partial charge < -0.3 is 0 Å². The molecule has 0 aromatic carbocycles. The van der Waals surface area contributed by atoms with Crippen LogP contribution in [-0.4, -0.2) is 0 Å². The van der Waals surface area contributed by atoms with Crippen LogP contribution in [0.3, 0.4) is 0 Å². The van der Waals surface area contributed by atoms with Crippen LogP contribution >= 0.6 is 0 Å². The zero-order valence-electron chi connectivity index (χ0n) is 4.09. The SMILES string of the molecule is C#N.[CH2]CCC#N. The largest absolute Gasteiger partial charge is 0.202 e. The van der Waals surface area contributed by atoms with E-state index in [0.717, 1.165) is 6.42 Å². The molecule has 0 saturated carbocycles. The maximum Gasteiger partial charge on any atom is 0.0621 e. The summed E-state index contributed by atoms with van der Waals surface area (Å²) in [5.74, 6) is 0. The monoisotopic (exact) mass is 95.1 g/mol. The highest BCUT2D eigenvalue weighted by Gasteiger charge is 1.65. The average Bonchev–Trinajstić information content (AvgIpc) is 1.75. The molecular formula is C5H7N2. The van der Waals surface area contributed by atoms with Crippen LogP contribution in [-0.2, 0) is 0 Å². The molecular weight excluding hydrogens is 88.1 g/mol. The van der Waals surface area contributed by atoms with Crippen LogP contribution in [0.25, 0.3) is 0 Å². The summed E-state index contributed by atoms with van der Waals surface area (Å²) in [5.41, 5.74) is 0. The van der Waals surface area contributed by atoms with E-state index in [4.69, 9.17) is 10.5 Å². The van der Waals surface area contributed by atoms with Gasteiger partial charge in [-0.1, -0.05) is 6.92 Å². The molecule has 37 valence electrons. The molecule has 0 rings (SSSR count). The van der Waals surface area contributed by atoms with E-state index in [1.807, 2.05) is 6.07 Å². The molecule has 0 spiro atoms. The van der Waals surface area contributed by atoms with E-state index in [-0.39, 0.29) is 0 Å². The number of hydrogen-bond donors (Lipinski definition) is 0. The van der Waals surface area contributed by atoms with E-state index < -0.39 is 0 Å². The fourth-order valence-electron chi connectivity index (χ4n) is 0.0791. The normalized spacial score (nSPS) is 4.86. The summed E-state index contributed by atoms with van der Waals surface area (Å²) >= 11 is 0. The lowest BCUT2D eigenvalue weighted by Gasteiger charge is -1.65. The molecule has 0 aliphatic heterocycles. The Labute approximate surface area is 44.0 Å². The number of hydrogen-bond acceptors (Lipinski definition) is 2. The molecule has 0 atom stereocenters. The van der Waals surface area contributed by atoms with Crippen LogP contribution in [0.1, 0.15) is 12.8 Å². The van der Waals surface area contributed by atoms with Crippen LogP contribution in [0.5, 0.6) is 0 Å². The van der Waals surface area contributed by atoms with Crippen molar-refractivity contribution < 1.29 is 0 Å². The van der Waals surface area contributed by atoms with Crippen molar-refractivity contribution in [2.75, 3.05) is 0 Å². The van der Waals surface area contributed by atoms with Gasteiger partial charge in [-0.05, 0) is 6.42 Å². The summed E-state index contributed by atoms with van der Waals surface area (Å²) < 4.78 is 0. The molecule has 0 amide bonds. The molecule has 0 heterocycles. The zero-order valence-corrected chi connectivity index (χ0v) is 4.09. The first-order valence-electron chi connectivity index (χ1n) is 1.84. The Kier molecular flexibility index (Phi) is 26.9. The number of nitriles is 2. The van der Waals surface area contributed by atoms with Gasteiger partial charge in [0.2, 0.25) is 0 Å². The second kappa shape index (κ2) is 20.1. The number of rotatable bonds is 1. The molecule has 1 radical (unpaired) electrons. The van der Waals surface area contributed by atoms with Crippen molar-refractivity contribution in [2.45, 2.75) is 12.8 Å². The minimum atomic E-state index is 0.583. The van der Waals surface area contributed by atoms with Gasteiger partial charge in [0.05, 0.1) is 6.07 Å². The van der Waals surface area contributed by atoms with Crippen molar-refractivity contribution in [1.82, 2.24) is 0 Å². The lowest BCUT2D eigenvalue weighted by Crippen LogP contribution is -1.54. The molecule has 0 aliphatic carbocycles. The van der Waals surface area contributed by atoms with Gasteiger partial charge in [-0.25, -0.2) is 5.26 Å². The first-order valence-corrected chi connectivity index (χ1v) is 1.84. The highest BCUT2D eigenvalue weighted by atomic mass is 14.2. The van der Waals surface area contributed by atoms with E-state index >= 15 is 0 Å². The van der Waals surface area contributed by atoms with Crippen molar-refractivity contribution in [3.8, 4) is 12.6 Å². The second-order valence-corrected chi connectivity index (χ2v) is 0.762. The summed E-state index contributed by atoms with van der Waals surface area (Å²) in [4.78, 5) is 0. The van der Waals surface area contributed by atoms with Crippen LogP contribution in [0, 0.1) is 30.1 Å². The van der Waals surface area contributed by atoms with Gasteiger partial charge in [0.1, 0.15) is 0 Å². The van der Waals surface area contributed by atoms with Gasteiger partial charge in [-0.15, -0.1) is 0 Å². The van der Waals surface area contributed by atoms with E-state index in [1.165, 1.54) is 0 Å². The van der Waals surface area contributed by atoms with E-state index in [1.54, 1.807) is 0 Å². The lowest BCUT2D eigenvalue weighted by molar-refractivity contribution is 1.06. The van der Waals surface area contributed by atoms with Crippen molar-refractivity contribution in [2.24, 2.45) is 0 Å². The highest BCUT2D eigenvalue weighted by Crippen LogP contribution is 1.76. The van der Waals surface area contributed by atoms with E-state index in [0.29, 0.717) is 6.42 Å². The van der Waals surface area contributed by atoms with Crippen LogP contribution in [0.15, 0.2) is 0 Å². The highest BCUT2D eigenvalue weighted by molar-refractivity contribution is 4.67.